The molecule has 0 fully saturated rings. The molecule has 6 N–H and O–H groups in total. The van der Waals surface area contributed by atoms with E-state index in [1.807, 2.05) is 0 Å². The van der Waals surface area contributed by atoms with Crippen LogP contribution in [0.3, 0.4) is 0 Å². The zero-order valence-corrected chi connectivity index (χ0v) is 14.3. The van der Waals surface area contributed by atoms with Gasteiger partial charge < -0.3 is 16.2 Å². The van der Waals surface area contributed by atoms with E-state index >= 15 is 0 Å². The summed E-state index contributed by atoms with van der Waals surface area (Å²) in [7, 11) is 0. The molecule has 0 saturated carbocycles. The third kappa shape index (κ3) is 7.06. The van der Waals surface area contributed by atoms with Crippen LogP contribution in [-0.2, 0) is 4.79 Å². The van der Waals surface area contributed by atoms with Gasteiger partial charge in [0.15, 0.2) is 0 Å². The summed E-state index contributed by atoms with van der Waals surface area (Å²) >= 11 is 0. The number of hydroxylamine groups is 1. The quantitative estimate of drug-likeness (QED) is 0.293. The highest BCUT2D eigenvalue weighted by atomic mass is 16.5. The topological polar surface area (TPSA) is 125 Å². The van der Waals surface area contributed by atoms with Crippen LogP contribution in [0, 0.1) is 23.7 Å². The van der Waals surface area contributed by atoms with Crippen molar-refractivity contribution in [2.24, 2.45) is 5.73 Å². The van der Waals surface area contributed by atoms with Crippen molar-refractivity contribution in [2.75, 3.05) is 0 Å². The zero-order valence-electron chi connectivity index (χ0n) is 14.3. The molecular weight excluding hydrogens is 322 g/mol. The van der Waals surface area contributed by atoms with E-state index in [1.54, 1.807) is 26.0 Å². The molecule has 7 nitrogen and oxygen atoms in total. The summed E-state index contributed by atoms with van der Waals surface area (Å²) in [6.07, 6.45) is 0. The average Bonchev–Trinajstić information content (AvgIpc) is 2.55. The molecule has 1 aromatic carbocycles. The lowest BCUT2D eigenvalue weighted by atomic mass is 10.1. The standard InChI is InChI=1S/C18H21N3O4/c1-12(19)15(17(23)21-25)20-16(22)14-9-7-13(8-10-14)6-4-5-11-18(2,3)24/h7-10,12,15,24-25H,19H2,1-3H3,(H,20,22)(H,21,23)/t12-,15+/m1/s1. The van der Waals surface area contributed by atoms with Gasteiger partial charge in [0.2, 0.25) is 0 Å². The molecule has 0 aromatic heterocycles. The molecule has 0 heterocycles. The maximum Gasteiger partial charge on any atom is 0.267 e. The fourth-order valence-corrected chi connectivity index (χ4v) is 1.72. The molecule has 0 aliphatic rings. The highest BCUT2D eigenvalue weighted by molar-refractivity contribution is 5.97. The monoisotopic (exact) mass is 343 g/mol. The Morgan fingerprint density at radius 1 is 1.20 bits per heavy atom. The third-order valence-corrected chi connectivity index (χ3v) is 2.99. The maximum absolute atomic E-state index is 12.1. The number of carbonyl (C=O) groups is 2. The molecule has 132 valence electrons. The lowest BCUT2D eigenvalue weighted by Gasteiger charge is -2.19. The normalized spacial score (nSPS) is 12.6. The summed E-state index contributed by atoms with van der Waals surface area (Å²) < 4.78 is 0. The first-order chi connectivity index (χ1) is 11.6. The van der Waals surface area contributed by atoms with Crippen molar-refractivity contribution in [2.45, 2.75) is 38.5 Å². The second-order valence-electron chi connectivity index (χ2n) is 5.92. The summed E-state index contributed by atoms with van der Waals surface area (Å²) in [4.78, 5) is 23.6. The number of rotatable bonds is 4. The van der Waals surface area contributed by atoms with Gasteiger partial charge in [0.1, 0.15) is 11.6 Å². The average molecular weight is 343 g/mol. The van der Waals surface area contributed by atoms with Crippen LogP contribution < -0.4 is 16.5 Å². The molecule has 0 aliphatic carbocycles. The summed E-state index contributed by atoms with van der Waals surface area (Å²) in [6, 6.07) is 4.58. The van der Waals surface area contributed by atoms with Gasteiger partial charge in [-0.25, -0.2) is 5.48 Å². The Bertz CT molecular complexity index is 741. The van der Waals surface area contributed by atoms with Crippen molar-refractivity contribution >= 4 is 11.8 Å². The largest absolute Gasteiger partial charge is 0.378 e. The minimum Gasteiger partial charge on any atom is -0.378 e. The molecule has 25 heavy (non-hydrogen) atoms. The van der Waals surface area contributed by atoms with Crippen LogP contribution in [0.1, 0.15) is 36.7 Å². The van der Waals surface area contributed by atoms with E-state index in [0.29, 0.717) is 11.1 Å². The van der Waals surface area contributed by atoms with E-state index in [1.165, 1.54) is 24.5 Å². The minimum absolute atomic E-state index is 0.310. The van der Waals surface area contributed by atoms with Crippen LogP contribution in [0.25, 0.3) is 0 Å². The van der Waals surface area contributed by atoms with Crippen molar-refractivity contribution in [3.8, 4) is 23.7 Å². The molecule has 1 aromatic rings. The minimum atomic E-state index is -1.10. The molecule has 0 aliphatic heterocycles. The van der Waals surface area contributed by atoms with E-state index in [-0.39, 0.29) is 0 Å². The van der Waals surface area contributed by atoms with Crippen molar-refractivity contribution < 1.29 is 19.9 Å². The highest BCUT2D eigenvalue weighted by Gasteiger charge is 2.24. The zero-order chi connectivity index (χ0) is 19.0. The highest BCUT2D eigenvalue weighted by Crippen LogP contribution is 2.04. The molecule has 0 saturated heterocycles. The predicted molar refractivity (Wildman–Crippen MR) is 92.2 cm³/mol. The molecule has 0 spiro atoms. The molecule has 7 heteroatoms. The van der Waals surface area contributed by atoms with Crippen LogP contribution >= 0.6 is 0 Å². The van der Waals surface area contributed by atoms with Gasteiger partial charge in [-0.2, -0.15) is 0 Å². The van der Waals surface area contributed by atoms with E-state index in [4.69, 9.17) is 10.9 Å². The summed E-state index contributed by atoms with van der Waals surface area (Å²) in [5.74, 6) is 9.21. The smallest absolute Gasteiger partial charge is 0.267 e. The Morgan fingerprint density at radius 3 is 2.28 bits per heavy atom. The number of amides is 2. The molecule has 0 unspecified atom stereocenters. The van der Waals surface area contributed by atoms with Crippen molar-refractivity contribution in [3.63, 3.8) is 0 Å². The molecule has 2 atom stereocenters. The first kappa shape index (κ1) is 20.2. The first-order valence-corrected chi connectivity index (χ1v) is 7.50. The van der Waals surface area contributed by atoms with Gasteiger partial charge in [0, 0.05) is 17.2 Å². The molecule has 0 bridgehead atoms. The van der Waals surface area contributed by atoms with Crippen LogP contribution in [0.15, 0.2) is 24.3 Å². The molecule has 2 amide bonds. The van der Waals surface area contributed by atoms with Crippen LogP contribution in [0.4, 0.5) is 0 Å². The Labute approximate surface area is 146 Å². The fourth-order valence-electron chi connectivity index (χ4n) is 1.72. The molecular formula is C18H21N3O4. The Hall–Kier alpha value is -2.84. The van der Waals surface area contributed by atoms with Crippen LogP contribution in [0.5, 0.6) is 0 Å². The lowest BCUT2D eigenvalue weighted by molar-refractivity contribution is -0.131. The number of aliphatic hydroxyl groups is 1. The Morgan fingerprint density at radius 2 is 1.80 bits per heavy atom. The Kier molecular flexibility index (Phi) is 7.16. The van der Waals surface area contributed by atoms with Gasteiger partial charge in [-0.3, -0.25) is 14.8 Å². The summed E-state index contributed by atoms with van der Waals surface area (Å²) in [6.45, 7) is 4.65. The second-order valence-corrected chi connectivity index (χ2v) is 5.92. The number of hydrogen-bond donors (Lipinski definition) is 5. The summed E-state index contributed by atoms with van der Waals surface area (Å²) in [5, 5.41) is 20.6. The number of hydrogen-bond acceptors (Lipinski definition) is 5. The lowest BCUT2D eigenvalue weighted by Crippen LogP contribution is -2.54. The van der Waals surface area contributed by atoms with Gasteiger partial charge in [-0.05, 0) is 56.9 Å². The van der Waals surface area contributed by atoms with Gasteiger partial charge in [-0.1, -0.05) is 11.8 Å². The number of nitrogens with two attached hydrogens (primary N) is 1. The summed E-state index contributed by atoms with van der Waals surface area (Å²) in [5.41, 5.74) is 6.94. The van der Waals surface area contributed by atoms with Crippen LogP contribution in [-0.4, -0.2) is 39.8 Å². The number of nitrogens with one attached hydrogen (secondary N) is 2. The van der Waals surface area contributed by atoms with Crippen LogP contribution in [0.2, 0.25) is 0 Å². The van der Waals surface area contributed by atoms with Gasteiger partial charge >= 0.3 is 0 Å². The second kappa shape index (κ2) is 8.86. The van der Waals surface area contributed by atoms with Crippen molar-refractivity contribution in [1.82, 2.24) is 10.8 Å². The maximum atomic E-state index is 12.1. The van der Waals surface area contributed by atoms with E-state index in [0.717, 1.165) is 0 Å². The van der Waals surface area contributed by atoms with Crippen molar-refractivity contribution in [1.29, 1.82) is 0 Å². The fraction of sp³-hybridized carbons (Fsp3) is 0.333. The van der Waals surface area contributed by atoms with E-state index < -0.39 is 29.5 Å². The predicted octanol–water partition coefficient (Wildman–Crippen LogP) is -0.237. The molecule has 0 radical (unpaired) electrons. The van der Waals surface area contributed by atoms with E-state index in [2.05, 4.69) is 29.0 Å². The Balaban J connectivity index is 2.82. The number of carbonyl (C=O) groups excluding carboxylic acids is 2. The SMILES string of the molecule is C[C@@H](N)[C@H](NC(=O)c1ccc(C#CC#CC(C)(C)O)cc1)C(=O)NO. The van der Waals surface area contributed by atoms with E-state index in [9.17, 15) is 14.7 Å². The van der Waals surface area contributed by atoms with Gasteiger partial charge in [0.25, 0.3) is 11.8 Å². The first-order valence-electron chi connectivity index (χ1n) is 7.50. The van der Waals surface area contributed by atoms with Gasteiger partial charge in [0.05, 0.1) is 0 Å². The van der Waals surface area contributed by atoms with Crippen molar-refractivity contribution in [3.05, 3.63) is 35.4 Å². The molecule has 1 rings (SSSR count). The van der Waals surface area contributed by atoms with Gasteiger partial charge in [-0.15, -0.1) is 0 Å². The third-order valence-electron chi connectivity index (χ3n) is 2.99. The number of benzene rings is 1.